The average molecular weight is 387 g/mol. The van der Waals surface area contributed by atoms with Crippen LogP contribution in [0.1, 0.15) is 11.1 Å². The van der Waals surface area contributed by atoms with Crippen LogP contribution in [0.2, 0.25) is 10.0 Å². The van der Waals surface area contributed by atoms with E-state index in [-0.39, 0.29) is 17.8 Å². The first-order chi connectivity index (χ1) is 12.5. The molecule has 1 heterocycles. The van der Waals surface area contributed by atoms with E-state index in [4.69, 9.17) is 23.2 Å². The van der Waals surface area contributed by atoms with Crippen LogP contribution in [0, 0.1) is 0 Å². The third-order valence-corrected chi connectivity index (χ3v) is 4.25. The Balaban J connectivity index is 1.85. The van der Waals surface area contributed by atoms with Crippen molar-refractivity contribution in [3.63, 3.8) is 0 Å². The van der Waals surface area contributed by atoms with Gasteiger partial charge in [0, 0.05) is 28.9 Å². The van der Waals surface area contributed by atoms with E-state index in [0.29, 0.717) is 22.2 Å². The second-order valence-electron chi connectivity index (χ2n) is 5.77. The van der Waals surface area contributed by atoms with Gasteiger partial charge in [-0.2, -0.15) is 0 Å². The Kier molecular flexibility index (Phi) is 5.76. The molecule has 0 aliphatic rings. The summed E-state index contributed by atoms with van der Waals surface area (Å²) >= 11 is 12.0. The molecule has 0 radical (unpaired) electrons. The number of aromatic nitrogens is 2. The number of halogens is 2. The van der Waals surface area contributed by atoms with Crippen LogP contribution in [0.4, 0.5) is 0 Å². The predicted molar refractivity (Wildman–Crippen MR) is 106 cm³/mol. The maximum absolute atomic E-state index is 12.6. The second-order valence-corrected chi connectivity index (χ2v) is 6.64. The van der Waals surface area contributed by atoms with Gasteiger partial charge in [-0.3, -0.25) is 13.9 Å². The normalized spacial score (nSPS) is 11.2. The van der Waals surface area contributed by atoms with E-state index in [9.17, 15) is 9.59 Å². The van der Waals surface area contributed by atoms with Gasteiger partial charge in [-0.25, -0.2) is 4.79 Å². The van der Waals surface area contributed by atoms with Gasteiger partial charge < -0.3 is 0 Å². The smallest absolute Gasteiger partial charge is 0.297 e. The molecule has 0 bridgehead atoms. The van der Waals surface area contributed by atoms with E-state index in [0.717, 1.165) is 5.56 Å². The van der Waals surface area contributed by atoms with E-state index in [1.54, 1.807) is 18.2 Å². The van der Waals surface area contributed by atoms with Gasteiger partial charge >= 0.3 is 5.69 Å². The zero-order chi connectivity index (χ0) is 18.5. The van der Waals surface area contributed by atoms with E-state index < -0.39 is 0 Å². The van der Waals surface area contributed by atoms with Crippen LogP contribution in [-0.4, -0.2) is 9.13 Å². The van der Waals surface area contributed by atoms with Gasteiger partial charge in [-0.15, -0.1) is 0 Å². The Bertz CT molecular complexity index is 1030. The standard InChI is InChI=1S/C20H16Cl2N2O2/c21-17-11-16(12-18(22)13-17)14-24-19(25)8-10-23(20(24)26)9-4-7-15-5-2-1-3-6-15/h1-8,10-13H,9,14H2/b7-4+. The molecule has 0 unspecified atom stereocenters. The highest BCUT2D eigenvalue weighted by atomic mass is 35.5. The SMILES string of the molecule is O=c1ccn(C/C=C/c2ccccc2)c(=O)n1Cc1cc(Cl)cc(Cl)c1. The van der Waals surface area contributed by atoms with E-state index in [2.05, 4.69) is 0 Å². The van der Waals surface area contributed by atoms with Crippen molar-refractivity contribution in [2.24, 2.45) is 0 Å². The van der Waals surface area contributed by atoms with Crippen molar-refractivity contribution in [1.29, 1.82) is 0 Å². The van der Waals surface area contributed by atoms with Gasteiger partial charge in [0.2, 0.25) is 0 Å². The number of nitrogens with zero attached hydrogens (tertiary/aromatic N) is 2. The number of hydrogen-bond donors (Lipinski definition) is 0. The second kappa shape index (κ2) is 8.21. The largest absolute Gasteiger partial charge is 0.331 e. The Labute approximate surface area is 160 Å². The Hall–Kier alpha value is -2.56. The highest BCUT2D eigenvalue weighted by Gasteiger charge is 2.07. The summed E-state index contributed by atoms with van der Waals surface area (Å²) in [5, 5.41) is 0.921. The van der Waals surface area contributed by atoms with Crippen LogP contribution < -0.4 is 11.2 Å². The van der Waals surface area contributed by atoms with Crippen LogP contribution in [0.25, 0.3) is 6.08 Å². The van der Waals surface area contributed by atoms with Gasteiger partial charge in [0.25, 0.3) is 5.56 Å². The molecule has 0 aliphatic heterocycles. The molecule has 1 aromatic heterocycles. The summed E-state index contributed by atoms with van der Waals surface area (Å²) < 4.78 is 2.64. The third kappa shape index (κ3) is 4.54. The molecule has 0 aliphatic carbocycles. The van der Waals surface area contributed by atoms with Crippen molar-refractivity contribution >= 4 is 29.3 Å². The minimum absolute atomic E-state index is 0.112. The lowest BCUT2D eigenvalue weighted by Gasteiger charge is -2.09. The molecule has 0 spiro atoms. The van der Waals surface area contributed by atoms with Crippen molar-refractivity contribution in [3.8, 4) is 0 Å². The molecule has 0 amide bonds. The minimum Gasteiger partial charge on any atom is -0.297 e. The molecule has 3 aromatic rings. The minimum atomic E-state index is -0.383. The van der Waals surface area contributed by atoms with Crippen molar-refractivity contribution < 1.29 is 0 Å². The van der Waals surface area contributed by atoms with Gasteiger partial charge in [0.1, 0.15) is 0 Å². The Morgan fingerprint density at radius 1 is 0.923 bits per heavy atom. The topological polar surface area (TPSA) is 44.0 Å². The fourth-order valence-corrected chi connectivity index (χ4v) is 3.16. The first-order valence-corrected chi connectivity index (χ1v) is 8.75. The first kappa shape index (κ1) is 18.2. The third-order valence-electron chi connectivity index (χ3n) is 3.81. The van der Waals surface area contributed by atoms with Crippen molar-refractivity contribution in [1.82, 2.24) is 9.13 Å². The van der Waals surface area contributed by atoms with Crippen molar-refractivity contribution in [3.05, 3.63) is 109 Å². The average Bonchev–Trinajstić information content (AvgIpc) is 2.61. The van der Waals surface area contributed by atoms with Crippen molar-refractivity contribution in [2.75, 3.05) is 0 Å². The molecular weight excluding hydrogens is 371 g/mol. The monoisotopic (exact) mass is 386 g/mol. The summed E-state index contributed by atoms with van der Waals surface area (Å²) in [4.78, 5) is 24.8. The van der Waals surface area contributed by atoms with Crippen LogP contribution in [0.5, 0.6) is 0 Å². The van der Waals surface area contributed by atoms with Crippen LogP contribution in [0.3, 0.4) is 0 Å². The maximum atomic E-state index is 12.6. The molecule has 6 heteroatoms. The zero-order valence-electron chi connectivity index (χ0n) is 13.8. The lowest BCUT2D eigenvalue weighted by atomic mass is 10.2. The Morgan fingerprint density at radius 3 is 2.31 bits per heavy atom. The summed E-state index contributed by atoms with van der Waals surface area (Å²) in [5.74, 6) is 0. The molecular formula is C20H16Cl2N2O2. The first-order valence-electron chi connectivity index (χ1n) is 8.00. The fourth-order valence-electron chi connectivity index (χ4n) is 2.59. The maximum Gasteiger partial charge on any atom is 0.331 e. The number of allylic oxidation sites excluding steroid dienone is 1. The number of rotatable bonds is 5. The number of hydrogen-bond acceptors (Lipinski definition) is 2. The zero-order valence-corrected chi connectivity index (χ0v) is 15.3. The highest BCUT2D eigenvalue weighted by molar-refractivity contribution is 6.34. The molecule has 0 saturated heterocycles. The van der Waals surface area contributed by atoms with E-state index >= 15 is 0 Å². The molecule has 26 heavy (non-hydrogen) atoms. The number of benzene rings is 2. The summed E-state index contributed by atoms with van der Waals surface area (Å²) in [6.07, 6.45) is 5.31. The Morgan fingerprint density at radius 2 is 1.62 bits per heavy atom. The van der Waals surface area contributed by atoms with E-state index in [1.165, 1.54) is 21.4 Å². The van der Waals surface area contributed by atoms with Gasteiger partial charge in [0.05, 0.1) is 6.54 Å². The molecule has 132 valence electrons. The lowest BCUT2D eigenvalue weighted by Crippen LogP contribution is -2.39. The van der Waals surface area contributed by atoms with Crippen LogP contribution in [0.15, 0.2) is 76.5 Å². The van der Waals surface area contributed by atoms with Gasteiger partial charge in [-0.1, -0.05) is 65.7 Å². The summed E-state index contributed by atoms with van der Waals surface area (Å²) in [6.45, 7) is 0.478. The van der Waals surface area contributed by atoms with Crippen molar-refractivity contribution in [2.45, 2.75) is 13.1 Å². The highest BCUT2D eigenvalue weighted by Crippen LogP contribution is 2.19. The molecule has 3 rings (SSSR count). The molecule has 0 fully saturated rings. The van der Waals surface area contributed by atoms with Crippen LogP contribution >= 0.6 is 23.2 Å². The molecule has 2 aromatic carbocycles. The quantitative estimate of drug-likeness (QED) is 0.662. The van der Waals surface area contributed by atoms with Gasteiger partial charge in [-0.05, 0) is 29.3 Å². The predicted octanol–water partition coefficient (Wildman–Crippen LogP) is 4.08. The molecule has 4 nitrogen and oxygen atoms in total. The fraction of sp³-hybridized carbons (Fsp3) is 0.100. The van der Waals surface area contributed by atoms with E-state index in [1.807, 2.05) is 42.5 Å². The molecule has 0 saturated carbocycles. The summed E-state index contributed by atoms with van der Waals surface area (Å²) in [5.41, 5.74) is 0.988. The summed E-state index contributed by atoms with van der Waals surface area (Å²) in [6, 6.07) is 16.1. The molecule has 0 atom stereocenters. The molecule has 0 N–H and O–H groups in total. The lowest BCUT2D eigenvalue weighted by molar-refractivity contribution is 0.618. The summed E-state index contributed by atoms with van der Waals surface area (Å²) in [7, 11) is 0. The van der Waals surface area contributed by atoms with Gasteiger partial charge in [0.15, 0.2) is 0 Å². The van der Waals surface area contributed by atoms with Crippen LogP contribution in [-0.2, 0) is 13.1 Å².